The molecule has 1 aromatic heterocycles. The average molecular weight is 447 g/mol. The van der Waals surface area contributed by atoms with Crippen LogP contribution in [0.25, 0.3) is 5.69 Å². The summed E-state index contributed by atoms with van der Waals surface area (Å²) in [6.45, 7) is 11.0. The predicted molar refractivity (Wildman–Crippen MR) is 128 cm³/mol. The number of nitrogens with one attached hydrogen (secondary N) is 1. The third kappa shape index (κ3) is 5.40. The van der Waals surface area contributed by atoms with Crippen LogP contribution in [0.4, 0.5) is 0 Å². The molecular formula is C27H30N2O4. The minimum absolute atomic E-state index is 0.288. The summed E-state index contributed by atoms with van der Waals surface area (Å²) in [5.41, 5.74) is 6.98. The maximum Gasteiger partial charge on any atom is 0.328 e. The number of amides is 1. The number of aromatic nitrogens is 1. The van der Waals surface area contributed by atoms with Crippen molar-refractivity contribution in [3.05, 3.63) is 87.7 Å². The molecular weight excluding hydrogens is 416 g/mol. The molecule has 6 heteroatoms. The van der Waals surface area contributed by atoms with Crippen LogP contribution < -0.4 is 5.32 Å². The van der Waals surface area contributed by atoms with Gasteiger partial charge >= 0.3 is 5.97 Å². The molecule has 0 fully saturated rings. The highest BCUT2D eigenvalue weighted by molar-refractivity contribution is 6.00. The standard InChI is InChI=1S/C27H30N2O4/c1-16-8-7-9-22(12-16)26(31)28-20(5)27(32)33-15-25(30)24-14-19(4)29(21(24)6)23-11-10-17(2)18(3)13-23/h7-14,20H,15H2,1-6H3,(H,28,31)/t20-/m0/s1. The summed E-state index contributed by atoms with van der Waals surface area (Å²) in [4.78, 5) is 37.5. The summed E-state index contributed by atoms with van der Waals surface area (Å²) in [6, 6.07) is 14.2. The fraction of sp³-hybridized carbons (Fsp3) is 0.296. The molecule has 0 saturated carbocycles. The molecule has 0 unspecified atom stereocenters. The first kappa shape index (κ1) is 24.0. The number of carbonyl (C=O) groups excluding carboxylic acids is 3. The van der Waals surface area contributed by atoms with E-state index >= 15 is 0 Å². The van der Waals surface area contributed by atoms with E-state index in [2.05, 4.69) is 31.3 Å². The topological polar surface area (TPSA) is 77.4 Å². The molecule has 33 heavy (non-hydrogen) atoms. The van der Waals surface area contributed by atoms with Crippen molar-refractivity contribution in [1.29, 1.82) is 0 Å². The Balaban J connectivity index is 1.65. The number of esters is 1. The molecule has 1 atom stereocenters. The van der Waals surface area contributed by atoms with E-state index in [9.17, 15) is 14.4 Å². The highest BCUT2D eigenvalue weighted by Crippen LogP contribution is 2.23. The molecule has 0 aliphatic rings. The number of ether oxygens (including phenoxy) is 1. The van der Waals surface area contributed by atoms with Crippen LogP contribution in [0.3, 0.4) is 0 Å². The van der Waals surface area contributed by atoms with Gasteiger partial charge in [0, 0.05) is 28.2 Å². The fourth-order valence-corrected chi connectivity index (χ4v) is 3.77. The molecule has 1 amide bonds. The zero-order valence-corrected chi connectivity index (χ0v) is 20.0. The number of hydrogen-bond acceptors (Lipinski definition) is 4. The van der Waals surface area contributed by atoms with E-state index in [4.69, 9.17) is 4.74 Å². The first-order valence-electron chi connectivity index (χ1n) is 10.9. The molecule has 0 spiro atoms. The predicted octanol–water partition coefficient (Wildman–Crippen LogP) is 4.56. The minimum Gasteiger partial charge on any atom is -0.456 e. The summed E-state index contributed by atoms with van der Waals surface area (Å²) >= 11 is 0. The lowest BCUT2D eigenvalue weighted by Gasteiger charge is -2.14. The van der Waals surface area contributed by atoms with Gasteiger partial charge in [-0.3, -0.25) is 9.59 Å². The van der Waals surface area contributed by atoms with Crippen molar-refractivity contribution < 1.29 is 19.1 Å². The van der Waals surface area contributed by atoms with Gasteiger partial charge in [-0.1, -0.05) is 23.8 Å². The first-order chi connectivity index (χ1) is 15.6. The number of Topliss-reactive ketones (excluding diaryl/α,β-unsaturated/α-hetero) is 1. The molecule has 0 aliphatic heterocycles. The SMILES string of the molecule is Cc1cccc(C(=O)N[C@@H](C)C(=O)OCC(=O)c2cc(C)n(-c3ccc(C)c(C)c3)c2C)c1. The van der Waals surface area contributed by atoms with Gasteiger partial charge in [0.15, 0.2) is 6.61 Å². The molecule has 1 N–H and O–H groups in total. The highest BCUT2D eigenvalue weighted by atomic mass is 16.5. The van der Waals surface area contributed by atoms with E-state index in [-0.39, 0.29) is 18.3 Å². The van der Waals surface area contributed by atoms with Gasteiger partial charge in [0.25, 0.3) is 5.91 Å². The molecule has 3 aromatic rings. The highest BCUT2D eigenvalue weighted by Gasteiger charge is 2.22. The Morgan fingerprint density at radius 2 is 1.67 bits per heavy atom. The Kier molecular flexibility index (Phi) is 7.16. The van der Waals surface area contributed by atoms with Crippen molar-refractivity contribution in [3.63, 3.8) is 0 Å². The van der Waals surface area contributed by atoms with E-state index < -0.39 is 12.0 Å². The van der Waals surface area contributed by atoms with E-state index in [0.29, 0.717) is 11.1 Å². The minimum atomic E-state index is -0.881. The lowest BCUT2D eigenvalue weighted by molar-refractivity contribution is -0.144. The van der Waals surface area contributed by atoms with Gasteiger partial charge in [-0.25, -0.2) is 4.79 Å². The Morgan fingerprint density at radius 3 is 2.33 bits per heavy atom. The molecule has 2 aromatic carbocycles. The molecule has 1 heterocycles. The van der Waals surface area contributed by atoms with Gasteiger partial charge in [0.1, 0.15) is 6.04 Å². The maximum absolute atomic E-state index is 12.8. The summed E-state index contributed by atoms with van der Waals surface area (Å²) in [6.07, 6.45) is 0. The van der Waals surface area contributed by atoms with E-state index in [1.54, 1.807) is 18.2 Å². The van der Waals surface area contributed by atoms with E-state index in [1.165, 1.54) is 18.1 Å². The summed E-state index contributed by atoms with van der Waals surface area (Å²) in [5, 5.41) is 2.61. The molecule has 0 radical (unpaired) electrons. The Bertz CT molecular complexity index is 1220. The van der Waals surface area contributed by atoms with Crippen molar-refractivity contribution in [3.8, 4) is 5.69 Å². The zero-order chi connectivity index (χ0) is 24.3. The van der Waals surface area contributed by atoms with Crippen LogP contribution in [0, 0.1) is 34.6 Å². The quantitative estimate of drug-likeness (QED) is 0.426. The number of nitrogens with zero attached hydrogens (tertiary/aromatic N) is 1. The third-order valence-corrected chi connectivity index (χ3v) is 5.81. The normalized spacial score (nSPS) is 11.7. The second kappa shape index (κ2) is 9.86. The van der Waals surface area contributed by atoms with Gasteiger partial charge in [-0.05, 0) is 83.0 Å². The molecule has 0 bridgehead atoms. The molecule has 172 valence electrons. The molecule has 6 nitrogen and oxygen atoms in total. The van der Waals surface area contributed by atoms with Crippen molar-refractivity contribution in [2.75, 3.05) is 6.61 Å². The van der Waals surface area contributed by atoms with E-state index in [0.717, 1.165) is 22.6 Å². The maximum atomic E-state index is 12.8. The average Bonchev–Trinajstić information content (AvgIpc) is 3.07. The van der Waals surface area contributed by atoms with E-state index in [1.807, 2.05) is 43.5 Å². The summed E-state index contributed by atoms with van der Waals surface area (Å²) < 4.78 is 7.23. The number of rotatable bonds is 7. The summed E-state index contributed by atoms with van der Waals surface area (Å²) in [5.74, 6) is -1.32. The van der Waals surface area contributed by atoms with Gasteiger partial charge < -0.3 is 14.6 Å². The zero-order valence-electron chi connectivity index (χ0n) is 20.0. The number of hydrogen-bond donors (Lipinski definition) is 1. The smallest absolute Gasteiger partial charge is 0.328 e. The second-order valence-corrected chi connectivity index (χ2v) is 8.48. The third-order valence-electron chi connectivity index (χ3n) is 5.81. The van der Waals surface area contributed by atoms with Crippen LogP contribution >= 0.6 is 0 Å². The molecule has 0 saturated heterocycles. The number of benzene rings is 2. The lowest BCUT2D eigenvalue weighted by Crippen LogP contribution is -2.40. The van der Waals surface area contributed by atoms with Crippen molar-refractivity contribution in [1.82, 2.24) is 9.88 Å². The van der Waals surface area contributed by atoms with Crippen LogP contribution in [0.1, 0.15) is 55.7 Å². The number of carbonyl (C=O) groups is 3. The van der Waals surface area contributed by atoms with Crippen LogP contribution in [-0.4, -0.2) is 34.9 Å². The van der Waals surface area contributed by atoms with Gasteiger partial charge in [0.2, 0.25) is 5.78 Å². The Labute approximate surface area is 194 Å². The van der Waals surface area contributed by atoms with Gasteiger partial charge in [-0.15, -0.1) is 0 Å². The Hall–Kier alpha value is -3.67. The monoisotopic (exact) mass is 446 g/mol. The molecule has 0 aliphatic carbocycles. The first-order valence-corrected chi connectivity index (χ1v) is 10.9. The van der Waals surface area contributed by atoms with Crippen molar-refractivity contribution in [2.24, 2.45) is 0 Å². The lowest BCUT2D eigenvalue weighted by atomic mass is 10.1. The summed E-state index contributed by atoms with van der Waals surface area (Å²) in [7, 11) is 0. The van der Waals surface area contributed by atoms with Crippen LogP contribution in [0.5, 0.6) is 0 Å². The second-order valence-electron chi connectivity index (χ2n) is 8.48. The van der Waals surface area contributed by atoms with Crippen LogP contribution in [-0.2, 0) is 9.53 Å². The number of ketones is 1. The number of aryl methyl sites for hydroxylation is 4. The molecule has 3 rings (SSSR count). The van der Waals surface area contributed by atoms with Crippen molar-refractivity contribution >= 4 is 17.7 Å². The van der Waals surface area contributed by atoms with Gasteiger partial charge in [0.05, 0.1) is 0 Å². The van der Waals surface area contributed by atoms with Gasteiger partial charge in [-0.2, -0.15) is 0 Å². The largest absolute Gasteiger partial charge is 0.456 e. The van der Waals surface area contributed by atoms with Crippen molar-refractivity contribution in [2.45, 2.75) is 47.6 Å². The fourth-order valence-electron chi connectivity index (χ4n) is 3.77. The van der Waals surface area contributed by atoms with Crippen LogP contribution in [0.15, 0.2) is 48.5 Å². The van der Waals surface area contributed by atoms with Crippen LogP contribution in [0.2, 0.25) is 0 Å². The Morgan fingerprint density at radius 1 is 0.939 bits per heavy atom.